The van der Waals surface area contributed by atoms with Crippen molar-refractivity contribution >= 4 is 11.9 Å². The molecule has 0 fully saturated rings. The maximum absolute atomic E-state index is 10.6. The van der Waals surface area contributed by atoms with Crippen LogP contribution in [-0.4, -0.2) is 29.9 Å². The number of rotatable bonds is 3. The third-order valence-corrected chi connectivity index (χ3v) is 1.32. The van der Waals surface area contributed by atoms with E-state index in [2.05, 4.69) is 10.1 Å². The molecule has 1 heterocycles. The molecule has 0 radical (unpaired) electrons. The van der Waals surface area contributed by atoms with Gasteiger partial charge in [-0.15, -0.1) is 0 Å². The van der Waals surface area contributed by atoms with Crippen molar-refractivity contribution in [2.45, 2.75) is 6.04 Å². The van der Waals surface area contributed by atoms with Gasteiger partial charge in [-0.05, 0) is 0 Å². The normalized spacial score (nSPS) is 16.5. The van der Waals surface area contributed by atoms with Gasteiger partial charge in [0.05, 0.1) is 0 Å². The van der Waals surface area contributed by atoms with Gasteiger partial charge in [-0.3, -0.25) is 5.41 Å². The number of ether oxygens (including phenoxy) is 2. The number of carboxylic acids is 1. The summed E-state index contributed by atoms with van der Waals surface area (Å²) in [6.07, 6.45) is 1.18. The number of carbonyl (C=O) groups is 1. The molecule has 1 aliphatic heterocycles. The Morgan fingerprint density at radius 2 is 2.54 bits per heavy atom. The average molecular weight is 187 g/mol. The number of hydrogen-bond donors (Lipinski definition) is 4. The maximum atomic E-state index is 10.6. The van der Waals surface area contributed by atoms with Gasteiger partial charge in [-0.2, -0.15) is 0 Å². The lowest BCUT2D eigenvalue weighted by Gasteiger charge is -2.13. The van der Waals surface area contributed by atoms with E-state index in [4.69, 9.17) is 21.0 Å². The molecule has 0 aromatic heterocycles. The van der Waals surface area contributed by atoms with Crippen LogP contribution in [0.25, 0.3) is 0 Å². The van der Waals surface area contributed by atoms with E-state index in [-0.39, 0.29) is 12.6 Å². The van der Waals surface area contributed by atoms with Gasteiger partial charge in [0.25, 0.3) is 0 Å². The first-order chi connectivity index (χ1) is 6.11. The highest BCUT2D eigenvalue weighted by Gasteiger charge is 2.27. The smallest absolute Gasteiger partial charge is 0.334 e. The standard InChI is InChI=1S/C6H9N3O4/c7-6(8)9-4(5(10)11)3-1-12-2-13-3/h1,4H,2H2,(H,10,11)(H4,7,8,9). The van der Waals surface area contributed by atoms with Crippen molar-refractivity contribution in [3.8, 4) is 0 Å². The third-order valence-electron chi connectivity index (χ3n) is 1.32. The van der Waals surface area contributed by atoms with E-state index in [9.17, 15) is 4.79 Å². The molecule has 7 nitrogen and oxygen atoms in total. The molecule has 1 unspecified atom stereocenters. The number of hydrogen-bond acceptors (Lipinski definition) is 4. The summed E-state index contributed by atoms with van der Waals surface area (Å²) >= 11 is 0. The Morgan fingerprint density at radius 1 is 1.85 bits per heavy atom. The van der Waals surface area contributed by atoms with Crippen molar-refractivity contribution in [2.75, 3.05) is 6.79 Å². The lowest BCUT2D eigenvalue weighted by molar-refractivity contribution is -0.139. The van der Waals surface area contributed by atoms with Crippen molar-refractivity contribution in [1.29, 1.82) is 5.41 Å². The van der Waals surface area contributed by atoms with Crippen LogP contribution in [0.15, 0.2) is 12.0 Å². The van der Waals surface area contributed by atoms with Crippen LogP contribution in [0.1, 0.15) is 0 Å². The minimum Gasteiger partial charge on any atom is -0.479 e. The molecule has 0 bridgehead atoms. The molecule has 0 spiro atoms. The molecule has 0 saturated heterocycles. The molecule has 0 aromatic carbocycles. The second-order valence-electron chi connectivity index (χ2n) is 2.28. The van der Waals surface area contributed by atoms with Crippen molar-refractivity contribution in [3.05, 3.63) is 12.0 Å². The fourth-order valence-electron chi connectivity index (χ4n) is 0.814. The number of nitrogens with two attached hydrogens (primary N) is 1. The second kappa shape index (κ2) is 3.65. The zero-order chi connectivity index (χ0) is 9.84. The van der Waals surface area contributed by atoms with Crippen LogP contribution in [0.5, 0.6) is 0 Å². The van der Waals surface area contributed by atoms with Crippen molar-refractivity contribution in [2.24, 2.45) is 5.73 Å². The second-order valence-corrected chi connectivity index (χ2v) is 2.28. The molecular weight excluding hydrogens is 178 g/mol. The molecule has 7 heteroatoms. The van der Waals surface area contributed by atoms with Crippen LogP contribution >= 0.6 is 0 Å². The van der Waals surface area contributed by atoms with Gasteiger partial charge in [0.1, 0.15) is 6.26 Å². The Kier molecular flexibility index (Phi) is 2.58. The zero-order valence-electron chi connectivity index (χ0n) is 6.61. The Bertz CT molecular complexity index is 263. The van der Waals surface area contributed by atoms with Crippen LogP contribution in [0, 0.1) is 5.41 Å². The van der Waals surface area contributed by atoms with Gasteiger partial charge >= 0.3 is 5.97 Å². The number of guanidine groups is 1. The number of carboxylic acid groups (broad SMARTS) is 1. The fraction of sp³-hybridized carbons (Fsp3) is 0.333. The monoisotopic (exact) mass is 187 g/mol. The summed E-state index contributed by atoms with van der Waals surface area (Å²) in [4.78, 5) is 10.6. The molecule has 0 saturated carbocycles. The number of aliphatic carboxylic acids is 1. The summed E-state index contributed by atoms with van der Waals surface area (Å²) in [6.45, 7) is -0.0152. The highest BCUT2D eigenvalue weighted by atomic mass is 16.7. The van der Waals surface area contributed by atoms with E-state index in [1.807, 2.05) is 0 Å². The van der Waals surface area contributed by atoms with E-state index in [1.54, 1.807) is 0 Å². The minimum absolute atomic E-state index is 0.0152. The van der Waals surface area contributed by atoms with E-state index in [0.717, 1.165) is 0 Å². The largest absolute Gasteiger partial charge is 0.479 e. The van der Waals surface area contributed by atoms with Crippen molar-refractivity contribution < 1.29 is 19.4 Å². The summed E-state index contributed by atoms with van der Waals surface area (Å²) in [7, 11) is 0. The molecule has 1 atom stereocenters. The molecule has 1 aliphatic rings. The van der Waals surface area contributed by atoms with Crippen molar-refractivity contribution in [3.63, 3.8) is 0 Å². The summed E-state index contributed by atoms with van der Waals surface area (Å²) < 4.78 is 9.49. The van der Waals surface area contributed by atoms with E-state index >= 15 is 0 Å². The van der Waals surface area contributed by atoms with Crippen LogP contribution in [0.3, 0.4) is 0 Å². The summed E-state index contributed by atoms with van der Waals surface area (Å²) in [6, 6.07) is -1.17. The fourth-order valence-corrected chi connectivity index (χ4v) is 0.814. The van der Waals surface area contributed by atoms with Crippen LogP contribution in [0.2, 0.25) is 0 Å². The summed E-state index contributed by atoms with van der Waals surface area (Å²) in [5, 5.41) is 17.8. The van der Waals surface area contributed by atoms with Crippen molar-refractivity contribution in [1.82, 2.24) is 5.32 Å². The molecular formula is C6H9N3O4. The summed E-state index contributed by atoms with van der Waals surface area (Å²) in [5.74, 6) is -1.53. The first kappa shape index (κ1) is 9.17. The zero-order valence-corrected chi connectivity index (χ0v) is 6.61. The Labute approximate surface area is 73.6 Å². The molecule has 72 valence electrons. The quantitative estimate of drug-likeness (QED) is 0.324. The van der Waals surface area contributed by atoms with Gasteiger partial charge < -0.3 is 25.6 Å². The average Bonchev–Trinajstić information content (AvgIpc) is 2.50. The predicted octanol–water partition coefficient (Wildman–Crippen LogP) is -1.23. The minimum atomic E-state index is -1.19. The van der Waals surface area contributed by atoms with Crippen LogP contribution in [0.4, 0.5) is 0 Å². The number of nitrogens with one attached hydrogen (secondary N) is 2. The molecule has 0 aromatic rings. The third kappa shape index (κ3) is 2.26. The first-order valence-electron chi connectivity index (χ1n) is 3.39. The van der Waals surface area contributed by atoms with E-state index < -0.39 is 18.0 Å². The van der Waals surface area contributed by atoms with Gasteiger partial charge in [0, 0.05) is 0 Å². The van der Waals surface area contributed by atoms with E-state index in [1.165, 1.54) is 6.26 Å². The van der Waals surface area contributed by atoms with E-state index in [0.29, 0.717) is 0 Å². The lowest BCUT2D eigenvalue weighted by Crippen LogP contribution is -2.45. The summed E-state index contributed by atoms with van der Waals surface area (Å²) in [5.41, 5.74) is 4.98. The van der Waals surface area contributed by atoms with Gasteiger partial charge in [-0.1, -0.05) is 0 Å². The van der Waals surface area contributed by atoms with Gasteiger partial charge in [0.15, 0.2) is 17.8 Å². The Balaban J connectivity index is 2.67. The maximum Gasteiger partial charge on any atom is 0.334 e. The molecule has 1 rings (SSSR count). The van der Waals surface area contributed by atoms with Gasteiger partial charge in [-0.25, -0.2) is 4.79 Å². The predicted molar refractivity (Wildman–Crippen MR) is 41.6 cm³/mol. The highest BCUT2D eigenvalue weighted by Crippen LogP contribution is 2.11. The van der Waals surface area contributed by atoms with Gasteiger partial charge in [0.2, 0.25) is 6.79 Å². The molecule has 13 heavy (non-hydrogen) atoms. The topological polar surface area (TPSA) is 118 Å². The SMILES string of the molecule is N=C(N)NC(C(=O)O)C1=COCO1. The van der Waals surface area contributed by atoms with Crippen LogP contribution in [-0.2, 0) is 14.3 Å². The van der Waals surface area contributed by atoms with Crippen LogP contribution < -0.4 is 11.1 Å². The molecule has 0 aliphatic carbocycles. The first-order valence-corrected chi connectivity index (χ1v) is 3.39. The lowest BCUT2D eigenvalue weighted by atomic mass is 10.2. The Morgan fingerprint density at radius 3 is 2.92 bits per heavy atom. The molecule has 0 amide bonds. The Hall–Kier alpha value is -1.92. The highest BCUT2D eigenvalue weighted by molar-refractivity contribution is 5.84. The molecule has 5 N–H and O–H groups in total.